The highest BCUT2D eigenvalue weighted by Crippen LogP contribution is 2.35. The second-order valence-electron chi connectivity index (χ2n) is 7.97. The molecule has 1 aliphatic rings. The van der Waals surface area contributed by atoms with Gasteiger partial charge >= 0.3 is 6.03 Å². The molecule has 0 saturated heterocycles. The smallest absolute Gasteiger partial charge is 0.321 e. The standard InChI is InChI=1S/C24H23BrN6O/c1-14(2)28-24(32)31-9-6-15(7-10-31)21-12-18-22(19(25)13-27-23(18)30-21)29-17-3-4-20-16(11-17)5-8-26-20/h3-6,8,11-13,26H,1,7,9-10H2,2H3,(H,28,32)(H2,27,29,30). The summed E-state index contributed by atoms with van der Waals surface area (Å²) in [5, 5.41) is 8.47. The Morgan fingerprint density at radius 3 is 2.94 bits per heavy atom. The van der Waals surface area contributed by atoms with Gasteiger partial charge in [0.25, 0.3) is 0 Å². The molecule has 162 valence electrons. The minimum absolute atomic E-state index is 0.110. The molecule has 0 fully saturated rings. The Bertz CT molecular complexity index is 1380. The lowest BCUT2D eigenvalue weighted by atomic mass is 10.0. The van der Waals surface area contributed by atoms with Gasteiger partial charge in [-0.2, -0.15) is 0 Å². The van der Waals surface area contributed by atoms with Gasteiger partial charge in [0.15, 0.2) is 0 Å². The van der Waals surface area contributed by atoms with Crippen LogP contribution in [0.4, 0.5) is 16.2 Å². The van der Waals surface area contributed by atoms with Crippen molar-refractivity contribution in [2.24, 2.45) is 0 Å². The minimum atomic E-state index is -0.110. The number of hydrogen-bond donors (Lipinski definition) is 4. The molecule has 4 heterocycles. The molecule has 7 nitrogen and oxygen atoms in total. The molecule has 0 saturated carbocycles. The quantitative estimate of drug-likeness (QED) is 0.287. The van der Waals surface area contributed by atoms with E-state index < -0.39 is 0 Å². The van der Waals surface area contributed by atoms with Crippen molar-refractivity contribution >= 4 is 60.8 Å². The Kier molecular flexibility index (Phi) is 5.22. The number of benzene rings is 1. The fourth-order valence-electron chi connectivity index (χ4n) is 3.99. The third-order valence-corrected chi connectivity index (χ3v) is 6.20. The first-order valence-corrected chi connectivity index (χ1v) is 11.2. The maximum atomic E-state index is 12.2. The van der Waals surface area contributed by atoms with Crippen LogP contribution in [-0.2, 0) is 0 Å². The molecular weight excluding hydrogens is 468 g/mol. The number of aromatic amines is 2. The molecule has 0 unspecified atom stereocenters. The van der Waals surface area contributed by atoms with Crippen LogP contribution in [0.3, 0.4) is 0 Å². The third kappa shape index (κ3) is 3.89. The van der Waals surface area contributed by atoms with E-state index in [1.807, 2.05) is 6.20 Å². The van der Waals surface area contributed by atoms with Gasteiger partial charge in [-0.25, -0.2) is 9.78 Å². The average molecular weight is 491 g/mol. The molecule has 5 rings (SSSR count). The predicted octanol–water partition coefficient (Wildman–Crippen LogP) is 5.88. The number of nitrogens with zero attached hydrogens (tertiary/aromatic N) is 2. The number of anilines is 2. The largest absolute Gasteiger partial charge is 0.361 e. The van der Waals surface area contributed by atoms with Gasteiger partial charge < -0.3 is 25.5 Å². The van der Waals surface area contributed by atoms with Crippen molar-refractivity contribution in [3.05, 3.63) is 71.2 Å². The first kappa shape index (κ1) is 20.4. The second kappa shape index (κ2) is 8.20. The highest BCUT2D eigenvalue weighted by atomic mass is 79.9. The summed E-state index contributed by atoms with van der Waals surface area (Å²) in [6.07, 6.45) is 6.60. The zero-order valence-corrected chi connectivity index (χ0v) is 19.2. The number of carbonyl (C=O) groups is 1. The lowest BCUT2D eigenvalue weighted by Gasteiger charge is -2.26. The maximum absolute atomic E-state index is 12.2. The van der Waals surface area contributed by atoms with Crippen molar-refractivity contribution in [1.29, 1.82) is 0 Å². The fourth-order valence-corrected chi connectivity index (χ4v) is 4.40. The van der Waals surface area contributed by atoms with Crippen LogP contribution in [0.25, 0.3) is 27.5 Å². The van der Waals surface area contributed by atoms with Crippen LogP contribution in [-0.4, -0.2) is 39.0 Å². The van der Waals surface area contributed by atoms with E-state index in [9.17, 15) is 4.79 Å². The Hall–Kier alpha value is -3.52. The van der Waals surface area contributed by atoms with Crippen LogP contribution >= 0.6 is 15.9 Å². The van der Waals surface area contributed by atoms with Gasteiger partial charge in [-0.1, -0.05) is 12.7 Å². The monoisotopic (exact) mass is 490 g/mol. The summed E-state index contributed by atoms with van der Waals surface area (Å²) in [5.74, 6) is 0. The number of pyridine rings is 1. The maximum Gasteiger partial charge on any atom is 0.321 e. The molecule has 2 amide bonds. The third-order valence-electron chi connectivity index (χ3n) is 5.60. The summed E-state index contributed by atoms with van der Waals surface area (Å²) in [6.45, 7) is 6.73. The fraction of sp³-hybridized carbons (Fsp3) is 0.167. The molecule has 4 aromatic rings. The lowest BCUT2D eigenvalue weighted by Crippen LogP contribution is -2.41. The molecule has 32 heavy (non-hydrogen) atoms. The van der Waals surface area contributed by atoms with E-state index in [0.717, 1.165) is 49.9 Å². The number of rotatable bonds is 4. The second-order valence-corrected chi connectivity index (χ2v) is 8.82. The van der Waals surface area contributed by atoms with Gasteiger partial charge in [-0.15, -0.1) is 0 Å². The Morgan fingerprint density at radius 1 is 1.28 bits per heavy atom. The molecule has 0 bridgehead atoms. The van der Waals surface area contributed by atoms with Gasteiger partial charge in [0.1, 0.15) is 5.65 Å². The summed E-state index contributed by atoms with van der Waals surface area (Å²) in [7, 11) is 0. The van der Waals surface area contributed by atoms with E-state index in [0.29, 0.717) is 18.8 Å². The summed E-state index contributed by atoms with van der Waals surface area (Å²) in [5.41, 5.74) is 6.74. The van der Waals surface area contributed by atoms with Crippen molar-refractivity contribution in [2.45, 2.75) is 13.3 Å². The number of urea groups is 1. The zero-order chi connectivity index (χ0) is 22.2. The van der Waals surface area contributed by atoms with E-state index in [4.69, 9.17) is 0 Å². The van der Waals surface area contributed by atoms with Crippen LogP contribution in [0, 0.1) is 0 Å². The van der Waals surface area contributed by atoms with E-state index in [1.54, 1.807) is 18.0 Å². The number of allylic oxidation sites excluding steroid dienone is 1. The van der Waals surface area contributed by atoms with Gasteiger partial charge in [0, 0.05) is 58.9 Å². The van der Waals surface area contributed by atoms with Crippen LogP contribution in [0.5, 0.6) is 0 Å². The molecule has 0 spiro atoms. The van der Waals surface area contributed by atoms with Gasteiger partial charge in [-0.3, -0.25) is 0 Å². The van der Waals surface area contributed by atoms with Crippen LogP contribution < -0.4 is 10.6 Å². The lowest BCUT2D eigenvalue weighted by molar-refractivity contribution is 0.206. The summed E-state index contributed by atoms with van der Waals surface area (Å²) < 4.78 is 0.894. The van der Waals surface area contributed by atoms with Crippen molar-refractivity contribution in [3.8, 4) is 0 Å². The number of halogens is 1. The number of nitrogens with one attached hydrogen (secondary N) is 4. The number of aromatic nitrogens is 3. The van der Waals surface area contributed by atoms with Gasteiger partial charge in [0.2, 0.25) is 0 Å². The van der Waals surface area contributed by atoms with Crippen molar-refractivity contribution < 1.29 is 4.79 Å². The van der Waals surface area contributed by atoms with Crippen LogP contribution in [0.15, 0.2) is 65.6 Å². The Morgan fingerprint density at radius 2 is 2.16 bits per heavy atom. The molecular formula is C24H23BrN6O. The summed E-state index contributed by atoms with van der Waals surface area (Å²) in [4.78, 5) is 25.2. The van der Waals surface area contributed by atoms with Crippen molar-refractivity contribution in [3.63, 3.8) is 0 Å². The number of H-pyrrole nitrogens is 2. The van der Waals surface area contributed by atoms with E-state index >= 15 is 0 Å². The van der Waals surface area contributed by atoms with E-state index in [1.165, 1.54) is 5.57 Å². The minimum Gasteiger partial charge on any atom is -0.361 e. The van der Waals surface area contributed by atoms with Gasteiger partial charge in [0.05, 0.1) is 10.2 Å². The molecule has 8 heteroatoms. The first-order chi connectivity index (χ1) is 15.5. The number of carbonyl (C=O) groups excluding carboxylic acids is 1. The molecule has 1 aliphatic heterocycles. The van der Waals surface area contributed by atoms with Crippen molar-refractivity contribution in [1.82, 2.24) is 25.2 Å². The number of hydrogen-bond acceptors (Lipinski definition) is 3. The highest BCUT2D eigenvalue weighted by molar-refractivity contribution is 9.10. The van der Waals surface area contributed by atoms with E-state index in [-0.39, 0.29) is 6.03 Å². The number of amides is 2. The molecule has 0 aliphatic carbocycles. The van der Waals surface area contributed by atoms with Crippen molar-refractivity contribution in [2.75, 3.05) is 18.4 Å². The summed E-state index contributed by atoms with van der Waals surface area (Å²) in [6, 6.07) is 10.3. The Balaban J connectivity index is 1.42. The average Bonchev–Trinajstić information content (AvgIpc) is 3.42. The molecule has 0 atom stereocenters. The normalized spacial score (nSPS) is 13.9. The number of fused-ring (bicyclic) bond motifs is 2. The highest BCUT2D eigenvalue weighted by Gasteiger charge is 2.20. The molecule has 4 N–H and O–H groups in total. The molecule has 1 aromatic carbocycles. The SMILES string of the molecule is C=C(C)NC(=O)N1CC=C(c2cc3c(Nc4ccc5[nH]ccc5c4)c(Br)cnc3[nH]2)CC1. The zero-order valence-electron chi connectivity index (χ0n) is 17.6. The van der Waals surface area contributed by atoms with Gasteiger partial charge in [-0.05, 0) is 65.2 Å². The first-order valence-electron chi connectivity index (χ1n) is 10.4. The molecule has 3 aromatic heterocycles. The topological polar surface area (TPSA) is 88.8 Å². The summed E-state index contributed by atoms with van der Waals surface area (Å²) >= 11 is 3.65. The van der Waals surface area contributed by atoms with E-state index in [2.05, 4.69) is 84.5 Å². The Labute approximate surface area is 193 Å². The van der Waals surface area contributed by atoms with Crippen LogP contribution in [0.1, 0.15) is 19.0 Å². The predicted molar refractivity (Wildman–Crippen MR) is 133 cm³/mol. The molecule has 0 radical (unpaired) electrons. The van der Waals surface area contributed by atoms with Crippen LogP contribution in [0.2, 0.25) is 0 Å².